The van der Waals surface area contributed by atoms with Crippen molar-refractivity contribution in [2.24, 2.45) is 0 Å². The van der Waals surface area contributed by atoms with Crippen molar-refractivity contribution in [1.82, 2.24) is 15.2 Å². The summed E-state index contributed by atoms with van der Waals surface area (Å²) < 4.78 is 5.70. The van der Waals surface area contributed by atoms with E-state index in [2.05, 4.69) is 20.5 Å². The number of rotatable bonds is 2. The molecule has 1 aliphatic rings. The Morgan fingerprint density at radius 1 is 1.23 bits per heavy atom. The Bertz CT molecular complexity index is 842. The van der Waals surface area contributed by atoms with E-state index in [0.29, 0.717) is 18.0 Å². The van der Waals surface area contributed by atoms with E-state index < -0.39 is 0 Å². The number of para-hydroxylation sites is 1. The molecule has 1 aliphatic heterocycles. The van der Waals surface area contributed by atoms with Gasteiger partial charge >= 0.3 is 0 Å². The highest BCUT2D eigenvalue weighted by Crippen LogP contribution is 2.37. The van der Waals surface area contributed by atoms with Gasteiger partial charge in [0.25, 0.3) is 5.91 Å². The molecule has 0 spiro atoms. The molecule has 2 N–H and O–H groups in total. The van der Waals surface area contributed by atoms with Crippen molar-refractivity contribution in [3.63, 3.8) is 0 Å². The number of nitrogens with one attached hydrogen (secondary N) is 2. The minimum atomic E-state index is -0.260. The number of ether oxygens (including phenoxy) is 1. The summed E-state index contributed by atoms with van der Waals surface area (Å²) >= 11 is 0. The van der Waals surface area contributed by atoms with Gasteiger partial charge in [0.2, 0.25) is 0 Å². The van der Waals surface area contributed by atoms with Gasteiger partial charge in [0.1, 0.15) is 23.7 Å². The standard InChI is InChI=1S/C16H12N4O2/c21-16(18-10-4-3-7-17-8-10)15-12-9-22-13-6-2-1-5-11(13)14(12)19-20-15/h1-8H,9H2,(H,18,21)(H,19,20). The third kappa shape index (κ3) is 2.01. The highest BCUT2D eigenvalue weighted by Gasteiger charge is 2.26. The van der Waals surface area contributed by atoms with Crippen molar-refractivity contribution in [1.29, 1.82) is 0 Å². The van der Waals surface area contributed by atoms with E-state index >= 15 is 0 Å². The van der Waals surface area contributed by atoms with E-state index in [9.17, 15) is 4.79 Å². The molecular weight excluding hydrogens is 280 g/mol. The van der Waals surface area contributed by atoms with E-state index in [-0.39, 0.29) is 5.91 Å². The average Bonchev–Trinajstić information content (AvgIpc) is 3.00. The maximum absolute atomic E-state index is 12.4. The molecule has 0 fully saturated rings. The Kier molecular flexibility index (Phi) is 2.86. The van der Waals surface area contributed by atoms with Crippen LogP contribution in [0.25, 0.3) is 11.3 Å². The predicted octanol–water partition coefficient (Wildman–Crippen LogP) is 2.62. The van der Waals surface area contributed by atoms with Crippen LogP contribution in [0, 0.1) is 0 Å². The predicted molar refractivity (Wildman–Crippen MR) is 80.5 cm³/mol. The minimum absolute atomic E-state index is 0.260. The second-order valence-electron chi connectivity index (χ2n) is 4.91. The molecule has 0 atom stereocenters. The molecular formula is C16H12N4O2. The molecule has 0 aliphatic carbocycles. The summed E-state index contributed by atoms with van der Waals surface area (Å²) in [5, 5.41) is 9.88. The van der Waals surface area contributed by atoms with Crippen molar-refractivity contribution in [3.05, 3.63) is 60.0 Å². The number of H-pyrrole nitrogens is 1. The van der Waals surface area contributed by atoms with E-state index in [4.69, 9.17) is 4.74 Å². The zero-order chi connectivity index (χ0) is 14.9. The van der Waals surface area contributed by atoms with Crippen LogP contribution in [0.15, 0.2) is 48.8 Å². The van der Waals surface area contributed by atoms with Crippen LogP contribution < -0.4 is 10.1 Å². The van der Waals surface area contributed by atoms with Gasteiger partial charge in [-0.05, 0) is 24.3 Å². The SMILES string of the molecule is O=C(Nc1cccnc1)c1[nH]nc2c1COc1ccccc1-2. The summed E-state index contributed by atoms with van der Waals surface area (Å²) in [5.74, 6) is 0.519. The quantitative estimate of drug-likeness (QED) is 0.761. The molecule has 4 rings (SSSR count). The molecule has 108 valence electrons. The lowest BCUT2D eigenvalue weighted by Crippen LogP contribution is -2.16. The van der Waals surface area contributed by atoms with Crippen molar-refractivity contribution in [2.45, 2.75) is 6.61 Å². The van der Waals surface area contributed by atoms with Gasteiger partial charge in [0.15, 0.2) is 0 Å². The molecule has 3 aromatic rings. The smallest absolute Gasteiger partial charge is 0.274 e. The molecule has 3 heterocycles. The van der Waals surface area contributed by atoms with Crippen LogP contribution in [-0.2, 0) is 6.61 Å². The number of aromatic amines is 1. The zero-order valence-corrected chi connectivity index (χ0v) is 11.5. The van der Waals surface area contributed by atoms with E-state index in [1.165, 1.54) is 0 Å². The number of carbonyl (C=O) groups is 1. The fraction of sp³-hybridized carbons (Fsp3) is 0.0625. The third-order valence-corrected chi connectivity index (χ3v) is 3.53. The van der Waals surface area contributed by atoms with E-state index in [1.54, 1.807) is 24.5 Å². The van der Waals surface area contributed by atoms with Gasteiger partial charge in [-0.25, -0.2) is 0 Å². The molecule has 6 heteroatoms. The number of carbonyl (C=O) groups excluding carboxylic acids is 1. The lowest BCUT2D eigenvalue weighted by molar-refractivity contribution is 0.101. The summed E-state index contributed by atoms with van der Waals surface area (Å²) in [6, 6.07) is 11.2. The summed E-state index contributed by atoms with van der Waals surface area (Å²) in [7, 11) is 0. The van der Waals surface area contributed by atoms with Crippen LogP contribution in [0.1, 0.15) is 16.1 Å². The van der Waals surface area contributed by atoms with Gasteiger partial charge in [-0.2, -0.15) is 5.10 Å². The average molecular weight is 292 g/mol. The third-order valence-electron chi connectivity index (χ3n) is 3.53. The fourth-order valence-electron chi connectivity index (χ4n) is 2.48. The topological polar surface area (TPSA) is 79.9 Å². The van der Waals surface area contributed by atoms with Crippen molar-refractivity contribution in [2.75, 3.05) is 5.32 Å². The molecule has 0 radical (unpaired) electrons. The highest BCUT2D eigenvalue weighted by atomic mass is 16.5. The number of fused-ring (bicyclic) bond motifs is 3. The normalized spacial score (nSPS) is 12.0. The molecule has 0 bridgehead atoms. The molecule has 0 unspecified atom stereocenters. The van der Waals surface area contributed by atoms with Crippen molar-refractivity contribution >= 4 is 11.6 Å². The van der Waals surface area contributed by atoms with Crippen LogP contribution in [0.2, 0.25) is 0 Å². The largest absolute Gasteiger partial charge is 0.488 e. The summed E-state index contributed by atoms with van der Waals surface area (Å²) in [6.07, 6.45) is 3.24. The lowest BCUT2D eigenvalue weighted by atomic mass is 10.0. The second-order valence-corrected chi connectivity index (χ2v) is 4.91. The van der Waals surface area contributed by atoms with Crippen molar-refractivity contribution < 1.29 is 9.53 Å². The number of hydrogen-bond donors (Lipinski definition) is 2. The molecule has 2 aromatic heterocycles. The molecule has 1 amide bonds. The first-order valence-corrected chi connectivity index (χ1v) is 6.84. The molecule has 0 saturated carbocycles. The van der Waals surface area contributed by atoms with Crippen LogP contribution in [0.3, 0.4) is 0 Å². The second kappa shape index (κ2) is 5.00. The highest BCUT2D eigenvalue weighted by molar-refractivity contribution is 6.05. The van der Waals surface area contributed by atoms with Gasteiger partial charge in [-0.3, -0.25) is 14.9 Å². The number of pyridine rings is 1. The van der Waals surface area contributed by atoms with Crippen LogP contribution in [0.5, 0.6) is 5.75 Å². The fourth-order valence-corrected chi connectivity index (χ4v) is 2.48. The number of anilines is 1. The van der Waals surface area contributed by atoms with Crippen LogP contribution in [-0.4, -0.2) is 21.1 Å². The molecule has 22 heavy (non-hydrogen) atoms. The Morgan fingerprint density at radius 2 is 2.14 bits per heavy atom. The number of amides is 1. The number of benzene rings is 1. The number of hydrogen-bond acceptors (Lipinski definition) is 4. The van der Waals surface area contributed by atoms with Crippen LogP contribution in [0.4, 0.5) is 5.69 Å². The van der Waals surface area contributed by atoms with Crippen molar-refractivity contribution in [3.8, 4) is 17.0 Å². The summed E-state index contributed by atoms with van der Waals surface area (Å²) in [5.41, 5.74) is 3.46. The maximum Gasteiger partial charge on any atom is 0.274 e. The monoisotopic (exact) mass is 292 g/mol. The zero-order valence-electron chi connectivity index (χ0n) is 11.5. The van der Waals surface area contributed by atoms with E-state index in [0.717, 1.165) is 22.6 Å². The summed E-state index contributed by atoms with van der Waals surface area (Å²) in [6.45, 7) is 0.318. The van der Waals surface area contributed by atoms with Gasteiger partial charge in [0.05, 0.1) is 11.9 Å². The molecule has 1 aromatic carbocycles. The molecule has 0 saturated heterocycles. The first kappa shape index (κ1) is 12.6. The first-order chi connectivity index (χ1) is 10.8. The first-order valence-electron chi connectivity index (χ1n) is 6.84. The Balaban J connectivity index is 1.69. The Labute approximate surface area is 126 Å². The molecule has 6 nitrogen and oxygen atoms in total. The minimum Gasteiger partial charge on any atom is -0.488 e. The lowest BCUT2D eigenvalue weighted by Gasteiger charge is -2.17. The van der Waals surface area contributed by atoms with Gasteiger partial charge in [-0.15, -0.1) is 0 Å². The van der Waals surface area contributed by atoms with Crippen LogP contribution >= 0.6 is 0 Å². The van der Waals surface area contributed by atoms with Gasteiger partial charge < -0.3 is 10.1 Å². The van der Waals surface area contributed by atoms with Gasteiger partial charge in [0, 0.05) is 17.3 Å². The number of aromatic nitrogens is 3. The van der Waals surface area contributed by atoms with E-state index in [1.807, 2.05) is 24.3 Å². The maximum atomic E-state index is 12.4. The Morgan fingerprint density at radius 3 is 3.00 bits per heavy atom. The van der Waals surface area contributed by atoms with Gasteiger partial charge in [-0.1, -0.05) is 12.1 Å². The Hall–Kier alpha value is -3.15. The summed E-state index contributed by atoms with van der Waals surface area (Å²) in [4.78, 5) is 16.4. The number of nitrogens with zero attached hydrogens (tertiary/aromatic N) is 2.